The van der Waals surface area contributed by atoms with Crippen molar-refractivity contribution in [3.05, 3.63) is 44.0 Å². The average Bonchev–Trinajstić information content (AvgIpc) is 2.70. The zero-order chi connectivity index (χ0) is 17.4. The Labute approximate surface area is 139 Å². The maximum atomic E-state index is 12.2. The minimum Gasteiger partial charge on any atom is -0.282 e. The molecule has 0 N–H and O–H groups in total. The van der Waals surface area contributed by atoms with Crippen LogP contribution in [0, 0.1) is 20.2 Å². The van der Waals surface area contributed by atoms with E-state index in [0.29, 0.717) is 11.8 Å². The molecule has 9 nitrogen and oxygen atoms in total. The quantitative estimate of drug-likeness (QED) is 0.437. The first-order valence-corrected chi connectivity index (χ1v) is 9.22. The predicted octanol–water partition coefficient (Wildman–Crippen LogP) is 1.78. The van der Waals surface area contributed by atoms with Gasteiger partial charge in [-0.15, -0.1) is 11.6 Å². The Morgan fingerprint density at radius 1 is 1.13 bits per heavy atom. The fourth-order valence-electron chi connectivity index (χ4n) is 2.01. The minimum atomic E-state index is -3.34. The van der Waals surface area contributed by atoms with E-state index in [1.165, 1.54) is 0 Å². The molecule has 0 saturated carbocycles. The molecule has 1 heterocycles. The summed E-state index contributed by atoms with van der Waals surface area (Å²) in [4.78, 5) is 32.1. The second-order valence-corrected chi connectivity index (χ2v) is 8.72. The number of carbonyl (C=O) groups excluding carboxylic acids is 1. The summed E-state index contributed by atoms with van der Waals surface area (Å²) >= 11 is 6.51. The zero-order valence-corrected chi connectivity index (χ0v) is 13.6. The van der Waals surface area contributed by atoms with Gasteiger partial charge in [-0.1, -0.05) is 11.8 Å². The number of hydrogen-bond acceptors (Lipinski definition) is 8. The lowest BCUT2D eigenvalue weighted by molar-refractivity contribution is -0.394. The number of hydrogen-bond donors (Lipinski definition) is 0. The highest BCUT2D eigenvalue weighted by Crippen LogP contribution is 2.32. The maximum Gasteiger partial charge on any atom is 0.277 e. The molecule has 1 fully saturated rings. The van der Waals surface area contributed by atoms with Crippen molar-refractivity contribution in [2.24, 2.45) is 0 Å². The molecule has 0 aliphatic carbocycles. The van der Waals surface area contributed by atoms with Crippen molar-refractivity contribution >= 4 is 49.7 Å². The SMILES string of the molecule is O=C(S[C@H]1CS(=O)(=O)C[C@H]1Cl)c1cc([N+](=O)[O-])cc([N+](=O)[O-])c1. The Balaban J connectivity index is 2.29. The van der Waals surface area contributed by atoms with Crippen LogP contribution < -0.4 is 0 Å². The number of benzene rings is 1. The van der Waals surface area contributed by atoms with Gasteiger partial charge in [-0.3, -0.25) is 25.0 Å². The summed E-state index contributed by atoms with van der Waals surface area (Å²) in [5.41, 5.74) is -1.43. The third-order valence-corrected chi connectivity index (χ3v) is 7.04. The minimum absolute atomic E-state index is 0.246. The number of alkyl halides is 1. The van der Waals surface area contributed by atoms with E-state index in [0.717, 1.165) is 18.2 Å². The molecule has 0 radical (unpaired) electrons. The van der Waals surface area contributed by atoms with Crippen LogP contribution >= 0.6 is 23.4 Å². The van der Waals surface area contributed by atoms with Crippen molar-refractivity contribution in [2.75, 3.05) is 11.5 Å². The van der Waals surface area contributed by atoms with Crippen LogP contribution in [0.25, 0.3) is 0 Å². The van der Waals surface area contributed by atoms with Crippen molar-refractivity contribution in [1.82, 2.24) is 0 Å². The Kier molecular flexibility index (Phi) is 4.92. The van der Waals surface area contributed by atoms with Crippen LogP contribution in [0.2, 0.25) is 0 Å². The van der Waals surface area contributed by atoms with Crippen LogP contribution in [0.15, 0.2) is 18.2 Å². The Morgan fingerprint density at radius 2 is 1.65 bits per heavy atom. The molecule has 124 valence electrons. The molecule has 2 atom stereocenters. The van der Waals surface area contributed by atoms with Crippen molar-refractivity contribution in [2.45, 2.75) is 10.6 Å². The molecular formula is C11H9ClN2O7S2. The first-order chi connectivity index (χ1) is 10.6. The molecule has 1 aliphatic rings. The molecule has 0 spiro atoms. The fraction of sp³-hybridized carbons (Fsp3) is 0.364. The van der Waals surface area contributed by atoms with Gasteiger partial charge < -0.3 is 0 Å². The van der Waals surface area contributed by atoms with Gasteiger partial charge in [-0.2, -0.15) is 0 Å². The summed E-state index contributed by atoms with van der Waals surface area (Å²) in [6.07, 6.45) is 0. The van der Waals surface area contributed by atoms with E-state index in [9.17, 15) is 33.4 Å². The molecular weight excluding hydrogens is 372 g/mol. The first-order valence-electron chi connectivity index (χ1n) is 6.08. The van der Waals surface area contributed by atoms with Crippen molar-refractivity contribution in [3.8, 4) is 0 Å². The zero-order valence-electron chi connectivity index (χ0n) is 11.2. The van der Waals surface area contributed by atoms with Gasteiger partial charge in [0.05, 0.1) is 32.8 Å². The number of sulfone groups is 1. The van der Waals surface area contributed by atoms with Gasteiger partial charge >= 0.3 is 0 Å². The Hall–Kier alpha value is -1.72. The number of rotatable bonds is 4. The van der Waals surface area contributed by atoms with Gasteiger partial charge in [-0.25, -0.2) is 8.42 Å². The van der Waals surface area contributed by atoms with E-state index in [-0.39, 0.29) is 17.1 Å². The van der Waals surface area contributed by atoms with E-state index in [2.05, 4.69) is 0 Å². The van der Waals surface area contributed by atoms with E-state index in [1.54, 1.807) is 0 Å². The molecule has 0 unspecified atom stereocenters. The van der Waals surface area contributed by atoms with E-state index in [4.69, 9.17) is 11.6 Å². The lowest BCUT2D eigenvalue weighted by atomic mass is 10.2. The van der Waals surface area contributed by atoms with Crippen LogP contribution in [0.5, 0.6) is 0 Å². The number of nitrogens with zero attached hydrogens (tertiary/aromatic N) is 2. The van der Waals surface area contributed by atoms with E-state index >= 15 is 0 Å². The van der Waals surface area contributed by atoms with Crippen LogP contribution in [-0.2, 0) is 9.84 Å². The molecule has 2 rings (SSSR count). The number of carbonyl (C=O) groups is 1. The molecule has 1 saturated heterocycles. The number of halogens is 1. The highest BCUT2D eigenvalue weighted by atomic mass is 35.5. The third kappa shape index (κ3) is 4.18. The normalized spacial score (nSPS) is 22.7. The first kappa shape index (κ1) is 17.6. The van der Waals surface area contributed by atoms with Gasteiger partial charge in [0.2, 0.25) is 5.12 Å². The molecule has 1 aromatic rings. The largest absolute Gasteiger partial charge is 0.282 e. The number of non-ortho nitro benzene ring substituents is 2. The van der Waals surface area contributed by atoms with Gasteiger partial charge in [0.25, 0.3) is 11.4 Å². The number of nitro groups is 2. The smallest absolute Gasteiger partial charge is 0.277 e. The van der Waals surface area contributed by atoms with Crippen LogP contribution in [-0.4, -0.2) is 45.5 Å². The standard InChI is InChI=1S/C11H9ClN2O7S2/c12-9-4-23(20,21)5-10(9)22-11(15)6-1-7(13(16)17)3-8(2-6)14(18)19/h1-3,9-10H,4-5H2/t9-,10+/m1/s1. The van der Waals surface area contributed by atoms with Crippen LogP contribution in [0.1, 0.15) is 10.4 Å². The number of thioether (sulfide) groups is 1. The maximum absolute atomic E-state index is 12.2. The molecule has 0 amide bonds. The Morgan fingerprint density at radius 3 is 2.04 bits per heavy atom. The van der Waals surface area contributed by atoms with Gasteiger partial charge in [-0.05, 0) is 0 Å². The molecule has 12 heteroatoms. The van der Waals surface area contributed by atoms with E-state index < -0.39 is 46.8 Å². The van der Waals surface area contributed by atoms with Crippen molar-refractivity contribution in [3.63, 3.8) is 0 Å². The second-order valence-electron chi connectivity index (χ2n) is 4.79. The van der Waals surface area contributed by atoms with Gasteiger partial charge in [0.15, 0.2) is 9.84 Å². The van der Waals surface area contributed by atoms with Crippen LogP contribution in [0.3, 0.4) is 0 Å². The lowest BCUT2D eigenvalue weighted by Gasteiger charge is -2.10. The summed E-state index contributed by atoms with van der Waals surface area (Å²) < 4.78 is 22.9. The van der Waals surface area contributed by atoms with Gasteiger partial charge in [0.1, 0.15) is 0 Å². The highest BCUT2D eigenvalue weighted by molar-refractivity contribution is 8.15. The topological polar surface area (TPSA) is 137 Å². The lowest BCUT2D eigenvalue weighted by Crippen LogP contribution is -2.17. The summed E-state index contributed by atoms with van der Waals surface area (Å²) in [5.74, 6) is -0.539. The average molecular weight is 381 g/mol. The van der Waals surface area contributed by atoms with Crippen molar-refractivity contribution in [1.29, 1.82) is 0 Å². The second kappa shape index (κ2) is 6.42. The molecule has 0 bridgehead atoms. The molecule has 1 aliphatic heterocycles. The third-order valence-electron chi connectivity index (χ3n) is 3.05. The predicted molar refractivity (Wildman–Crippen MR) is 83.8 cm³/mol. The molecule has 0 aromatic heterocycles. The van der Waals surface area contributed by atoms with Crippen molar-refractivity contribution < 1.29 is 23.1 Å². The number of nitro benzene ring substituents is 2. The Bertz CT molecular complexity index is 763. The monoisotopic (exact) mass is 380 g/mol. The summed E-state index contributed by atoms with van der Waals surface area (Å²) in [7, 11) is -3.34. The summed E-state index contributed by atoms with van der Waals surface area (Å²) in [6, 6.07) is 2.57. The highest BCUT2D eigenvalue weighted by Gasteiger charge is 2.38. The van der Waals surface area contributed by atoms with Gasteiger partial charge in [0, 0.05) is 22.9 Å². The van der Waals surface area contributed by atoms with Crippen LogP contribution in [0.4, 0.5) is 11.4 Å². The summed E-state index contributed by atoms with van der Waals surface area (Å²) in [5, 5.41) is 19.4. The molecule has 23 heavy (non-hydrogen) atoms. The molecule has 1 aromatic carbocycles. The summed E-state index contributed by atoms with van der Waals surface area (Å²) in [6.45, 7) is 0. The fourth-order valence-corrected chi connectivity index (χ4v) is 6.31. The van der Waals surface area contributed by atoms with E-state index in [1.807, 2.05) is 0 Å².